The van der Waals surface area contributed by atoms with Gasteiger partial charge in [0, 0.05) is 31.7 Å². The van der Waals surface area contributed by atoms with Gasteiger partial charge in [0.2, 0.25) is 0 Å². The number of nitrogens with zero attached hydrogens (tertiary/aromatic N) is 1. The molecule has 19 heavy (non-hydrogen) atoms. The highest BCUT2D eigenvalue weighted by atomic mass is 16.5. The number of rotatable bonds is 10. The Morgan fingerprint density at radius 3 is 2.74 bits per heavy atom. The molecule has 114 valence electrons. The predicted octanol–water partition coefficient (Wildman–Crippen LogP) is 1.49. The molecule has 1 aliphatic heterocycles. The van der Waals surface area contributed by atoms with Crippen LogP contribution < -0.4 is 5.32 Å². The van der Waals surface area contributed by atoms with E-state index in [1.54, 1.807) is 0 Å². The zero-order valence-corrected chi connectivity index (χ0v) is 12.8. The van der Waals surface area contributed by atoms with Crippen molar-refractivity contribution in [2.75, 3.05) is 52.5 Å². The third-order valence-corrected chi connectivity index (χ3v) is 3.96. The molecule has 0 amide bonds. The molecule has 0 bridgehead atoms. The maximum absolute atomic E-state index is 9.24. The Kier molecular flexibility index (Phi) is 8.62. The quantitative estimate of drug-likeness (QED) is 0.632. The van der Waals surface area contributed by atoms with E-state index in [0.29, 0.717) is 0 Å². The second-order valence-corrected chi connectivity index (χ2v) is 5.79. The molecular weight excluding hydrogens is 240 g/mol. The highest BCUT2D eigenvalue weighted by Gasteiger charge is 2.34. The molecule has 0 aliphatic carbocycles. The summed E-state index contributed by atoms with van der Waals surface area (Å²) in [6.45, 7) is 11.3. The van der Waals surface area contributed by atoms with Crippen molar-refractivity contribution in [3.8, 4) is 0 Å². The lowest BCUT2D eigenvalue weighted by Gasteiger charge is -2.41. The number of hydrogen-bond donors (Lipinski definition) is 2. The van der Waals surface area contributed by atoms with Gasteiger partial charge in [0.05, 0.1) is 13.2 Å². The van der Waals surface area contributed by atoms with Crippen LogP contribution in [0.25, 0.3) is 0 Å². The molecule has 1 heterocycles. The maximum atomic E-state index is 9.24. The Morgan fingerprint density at radius 1 is 1.32 bits per heavy atom. The van der Waals surface area contributed by atoms with Crippen molar-refractivity contribution < 1.29 is 9.84 Å². The summed E-state index contributed by atoms with van der Waals surface area (Å²) < 4.78 is 5.74. The van der Waals surface area contributed by atoms with Gasteiger partial charge in [-0.05, 0) is 32.4 Å². The van der Waals surface area contributed by atoms with Gasteiger partial charge >= 0.3 is 0 Å². The normalized spacial score (nSPS) is 24.0. The highest BCUT2D eigenvalue weighted by molar-refractivity contribution is 4.87. The SMILES string of the molecule is CCCCN(CCO)CC1(CNCC)CCCOC1. The molecule has 0 aromatic heterocycles. The minimum absolute atomic E-state index is 0.233. The zero-order chi connectivity index (χ0) is 14.0. The van der Waals surface area contributed by atoms with Crippen LogP contribution in [0.4, 0.5) is 0 Å². The van der Waals surface area contributed by atoms with Crippen LogP contribution in [0.1, 0.15) is 39.5 Å². The van der Waals surface area contributed by atoms with E-state index in [0.717, 1.165) is 52.4 Å². The first kappa shape index (κ1) is 16.9. The Balaban J connectivity index is 2.55. The molecule has 4 nitrogen and oxygen atoms in total. The molecule has 1 rings (SSSR count). The van der Waals surface area contributed by atoms with E-state index >= 15 is 0 Å². The third-order valence-electron chi connectivity index (χ3n) is 3.96. The summed E-state index contributed by atoms with van der Waals surface area (Å²) in [5.41, 5.74) is 0.233. The number of aliphatic hydroxyl groups excluding tert-OH is 1. The molecule has 0 spiro atoms. The van der Waals surface area contributed by atoms with E-state index in [1.165, 1.54) is 19.3 Å². The Bertz CT molecular complexity index is 218. The molecule has 1 saturated heterocycles. The van der Waals surface area contributed by atoms with Crippen molar-refractivity contribution in [3.63, 3.8) is 0 Å². The van der Waals surface area contributed by atoms with E-state index in [2.05, 4.69) is 24.1 Å². The van der Waals surface area contributed by atoms with Crippen molar-refractivity contribution in [2.45, 2.75) is 39.5 Å². The average molecular weight is 272 g/mol. The molecule has 1 atom stereocenters. The number of ether oxygens (including phenoxy) is 1. The first-order valence-corrected chi connectivity index (χ1v) is 7.88. The van der Waals surface area contributed by atoms with Crippen LogP contribution in [0, 0.1) is 5.41 Å². The number of hydrogen-bond acceptors (Lipinski definition) is 4. The van der Waals surface area contributed by atoms with Crippen molar-refractivity contribution in [2.24, 2.45) is 5.41 Å². The van der Waals surface area contributed by atoms with Gasteiger partial charge in [0.15, 0.2) is 0 Å². The monoisotopic (exact) mass is 272 g/mol. The Hall–Kier alpha value is -0.160. The highest BCUT2D eigenvalue weighted by Crippen LogP contribution is 2.29. The first-order valence-electron chi connectivity index (χ1n) is 7.88. The molecule has 4 heteroatoms. The largest absolute Gasteiger partial charge is 0.395 e. The minimum atomic E-state index is 0.233. The molecular formula is C15H32N2O2. The third kappa shape index (κ3) is 6.21. The second-order valence-electron chi connectivity index (χ2n) is 5.79. The van der Waals surface area contributed by atoms with Crippen molar-refractivity contribution in [1.82, 2.24) is 10.2 Å². The summed E-state index contributed by atoms with van der Waals surface area (Å²) in [7, 11) is 0. The summed E-state index contributed by atoms with van der Waals surface area (Å²) in [6.07, 6.45) is 4.80. The van der Waals surface area contributed by atoms with E-state index in [-0.39, 0.29) is 12.0 Å². The second kappa shape index (κ2) is 9.70. The van der Waals surface area contributed by atoms with Crippen LogP contribution in [0.2, 0.25) is 0 Å². The number of aliphatic hydroxyl groups is 1. The summed E-state index contributed by atoms with van der Waals surface area (Å²) in [4.78, 5) is 2.41. The molecule has 2 N–H and O–H groups in total. The van der Waals surface area contributed by atoms with Gasteiger partial charge < -0.3 is 20.1 Å². The summed E-state index contributed by atoms with van der Waals surface area (Å²) in [6, 6.07) is 0. The Labute approximate surface area is 118 Å². The maximum Gasteiger partial charge on any atom is 0.0558 e. The van der Waals surface area contributed by atoms with Crippen LogP contribution in [-0.4, -0.2) is 62.6 Å². The van der Waals surface area contributed by atoms with E-state index < -0.39 is 0 Å². The van der Waals surface area contributed by atoms with Gasteiger partial charge in [-0.2, -0.15) is 0 Å². The minimum Gasteiger partial charge on any atom is -0.395 e. The topological polar surface area (TPSA) is 44.7 Å². The van der Waals surface area contributed by atoms with Gasteiger partial charge in [-0.1, -0.05) is 20.3 Å². The molecule has 0 aromatic carbocycles. The fraction of sp³-hybridized carbons (Fsp3) is 1.00. The molecule has 1 unspecified atom stereocenters. The van der Waals surface area contributed by atoms with Gasteiger partial charge in [-0.25, -0.2) is 0 Å². The zero-order valence-electron chi connectivity index (χ0n) is 12.8. The van der Waals surface area contributed by atoms with Gasteiger partial charge in [0.25, 0.3) is 0 Å². The van der Waals surface area contributed by atoms with Crippen LogP contribution in [0.15, 0.2) is 0 Å². The van der Waals surface area contributed by atoms with Gasteiger partial charge in [-0.3, -0.25) is 0 Å². The van der Waals surface area contributed by atoms with E-state index in [4.69, 9.17) is 4.74 Å². The standard InChI is InChI=1S/C15H32N2O2/c1-3-5-8-17(9-10-18)13-15(12-16-4-2)7-6-11-19-14-15/h16,18H,3-14H2,1-2H3. The van der Waals surface area contributed by atoms with Crippen LogP contribution in [0.5, 0.6) is 0 Å². The number of nitrogens with one attached hydrogen (secondary N) is 1. The summed E-state index contributed by atoms with van der Waals surface area (Å²) in [5.74, 6) is 0. The molecule has 0 aromatic rings. The summed E-state index contributed by atoms with van der Waals surface area (Å²) >= 11 is 0. The fourth-order valence-electron chi connectivity index (χ4n) is 2.89. The van der Waals surface area contributed by atoms with E-state index in [9.17, 15) is 5.11 Å². The lowest BCUT2D eigenvalue weighted by Crippen LogP contribution is -2.49. The van der Waals surface area contributed by atoms with Gasteiger partial charge in [-0.15, -0.1) is 0 Å². The first-order chi connectivity index (χ1) is 9.26. The lowest BCUT2D eigenvalue weighted by molar-refractivity contribution is -0.0279. The molecule has 1 fully saturated rings. The number of unbranched alkanes of at least 4 members (excludes halogenated alkanes) is 1. The molecule has 0 radical (unpaired) electrons. The lowest BCUT2D eigenvalue weighted by atomic mass is 9.81. The van der Waals surface area contributed by atoms with Crippen molar-refractivity contribution in [1.29, 1.82) is 0 Å². The van der Waals surface area contributed by atoms with Crippen molar-refractivity contribution >= 4 is 0 Å². The van der Waals surface area contributed by atoms with Crippen molar-refractivity contribution in [3.05, 3.63) is 0 Å². The average Bonchev–Trinajstić information content (AvgIpc) is 2.44. The Morgan fingerprint density at radius 2 is 2.16 bits per heavy atom. The van der Waals surface area contributed by atoms with Crippen LogP contribution in [-0.2, 0) is 4.74 Å². The van der Waals surface area contributed by atoms with Gasteiger partial charge in [0.1, 0.15) is 0 Å². The molecule has 1 aliphatic rings. The van der Waals surface area contributed by atoms with E-state index in [1.807, 2.05) is 0 Å². The fourth-order valence-corrected chi connectivity index (χ4v) is 2.89. The summed E-state index contributed by atoms with van der Waals surface area (Å²) in [5, 5.41) is 12.7. The smallest absolute Gasteiger partial charge is 0.0558 e. The van der Waals surface area contributed by atoms with Crippen LogP contribution in [0.3, 0.4) is 0 Å². The molecule has 0 saturated carbocycles. The predicted molar refractivity (Wildman–Crippen MR) is 79.5 cm³/mol. The van der Waals surface area contributed by atoms with Crippen LogP contribution >= 0.6 is 0 Å².